The molecule has 0 amide bonds. The topological polar surface area (TPSA) is 119 Å². The van der Waals surface area contributed by atoms with Crippen LogP contribution in [0.15, 0.2) is 23.5 Å². The molecule has 0 saturated heterocycles. The Bertz CT molecular complexity index is 1690. The van der Waals surface area contributed by atoms with Gasteiger partial charge in [-0.1, -0.05) is 6.92 Å². The zero-order chi connectivity index (χ0) is 26.5. The smallest absolute Gasteiger partial charge is 0.421 e. The summed E-state index contributed by atoms with van der Waals surface area (Å²) in [4.78, 5) is 13.2. The first-order valence-corrected chi connectivity index (χ1v) is 12.8. The maximum atomic E-state index is 13.7. The van der Waals surface area contributed by atoms with Crippen LogP contribution >= 0.6 is 0 Å². The Balaban J connectivity index is 1.54. The molecule has 1 aliphatic carbocycles. The predicted octanol–water partition coefficient (Wildman–Crippen LogP) is 3.18. The van der Waals surface area contributed by atoms with Crippen molar-refractivity contribution in [3.63, 3.8) is 0 Å². The number of nitrogens with zero attached hydrogens (tertiary/aromatic N) is 7. The average Bonchev–Trinajstić information content (AvgIpc) is 3.32. The van der Waals surface area contributed by atoms with Crippen LogP contribution in [0, 0.1) is 0 Å². The molecular weight excluding hydrogens is 522 g/mol. The number of hydrogen-bond donors (Lipinski definition) is 0. The van der Waals surface area contributed by atoms with Gasteiger partial charge in [0.2, 0.25) is 5.95 Å². The van der Waals surface area contributed by atoms with Crippen LogP contribution in [0.4, 0.5) is 17.6 Å². The van der Waals surface area contributed by atoms with Gasteiger partial charge in [-0.3, -0.25) is 0 Å². The second kappa shape index (κ2) is 7.43. The zero-order valence-electron chi connectivity index (χ0n) is 19.6. The number of sulfone groups is 1. The van der Waals surface area contributed by atoms with Gasteiger partial charge in [-0.2, -0.15) is 22.2 Å². The molecule has 3 aromatic heterocycles. The van der Waals surface area contributed by atoms with Crippen molar-refractivity contribution < 1.29 is 35.5 Å². The Kier molecular flexibility index (Phi) is 4.76. The van der Waals surface area contributed by atoms with Crippen molar-refractivity contribution >= 4 is 20.9 Å². The molecule has 0 bridgehead atoms. The van der Waals surface area contributed by atoms with Gasteiger partial charge in [0.25, 0.3) is 0 Å². The van der Waals surface area contributed by atoms with Crippen LogP contribution in [-0.2, 0) is 23.9 Å². The summed E-state index contributed by atoms with van der Waals surface area (Å²) >= 11 is 0. The number of aryl methyl sites for hydroxylation is 1. The first kappa shape index (κ1) is 23.7. The van der Waals surface area contributed by atoms with E-state index < -0.39 is 33.6 Å². The maximum Gasteiger partial charge on any atom is 0.507 e. The molecular formula is C21H19F4N7O4S. The molecule has 4 aromatic rings. The molecule has 196 valence electrons. The van der Waals surface area contributed by atoms with Crippen LogP contribution in [-0.4, -0.2) is 60.3 Å². The van der Waals surface area contributed by atoms with E-state index in [1.165, 1.54) is 41.2 Å². The van der Waals surface area contributed by atoms with Gasteiger partial charge in [0.05, 0.1) is 16.8 Å². The van der Waals surface area contributed by atoms with E-state index in [9.17, 15) is 26.0 Å². The highest BCUT2D eigenvalue weighted by Gasteiger charge is 2.66. The summed E-state index contributed by atoms with van der Waals surface area (Å²) in [5.74, 6) is -0.386. The quantitative estimate of drug-likeness (QED) is 0.354. The van der Waals surface area contributed by atoms with Crippen molar-refractivity contribution in [2.24, 2.45) is 14.1 Å². The Morgan fingerprint density at radius 3 is 2.30 bits per heavy atom. The number of hydrogen-bond acceptors (Lipinski definition) is 8. The van der Waals surface area contributed by atoms with Gasteiger partial charge in [-0.05, 0) is 12.8 Å². The number of fused-ring (bicyclic) bond motifs is 2. The molecule has 11 nitrogen and oxygen atoms in total. The highest BCUT2D eigenvalue weighted by molar-refractivity contribution is 7.91. The van der Waals surface area contributed by atoms with E-state index >= 15 is 0 Å². The van der Waals surface area contributed by atoms with Crippen LogP contribution < -0.4 is 9.47 Å². The van der Waals surface area contributed by atoms with Gasteiger partial charge in [-0.25, -0.2) is 23.4 Å². The van der Waals surface area contributed by atoms with Gasteiger partial charge in [0.1, 0.15) is 12.0 Å². The van der Waals surface area contributed by atoms with Crippen LogP contribution in [0.25, 0.3) is 28.5 Å². The second-order valence-corrected chi connectivity index (χ2v) is 11.1. The molecule has 0 radical (unpaired) electrons. The van der Waals surface area contributed by atoms with E-state index in [0.29, 0.717) is 5.82 Å². The summed E-state index contributed by atoms with van der Waals surface area (Å²) in [6.07, 6.45) is -6.38. The average molecular weight is 541 g/mol. The summed E-state index contributed by atoms with van der Waals surface area (Å²) in [7, 11) is -0.836. The van der Waals surface area contributed by atoms with Crippen molar-refractivity contribution in [3.8, 4) is 29.0 Å². The van der Waals surface area contributed by atoms with E-state index in [1.807, 2.05) is 0 Å². The molecule has 0 N–H and O–H groups in total. The fourth-order valence-electron chi connectivity index (χ4n) is 4.18. The Morgan fingerprint density at radius 1 is 1.03 bits per heavy atom. The van der Waals surface area contributed by atoms with Gasteiger partial charge in [0, 0.05) is 32.1 Å². The van der Waals surface area contributed by atoms with Crippen molar-refractivity contribution in [2.45, 2.75) is 42.9 Å². The molecule has 4 heterocycles. The Hall–Kier alpha value is -3.69. The fourth-order valence-corrected chi connectivity index (χ4v) is 5.39. The minimum atomic E-state index is -4.89. The van der Waals surface area contributed by atoms with Gasteiger partial charge in [-0.15, -0.1) is 5.10 Å². The van der Waals surface area contributed by atoms with Crippen LogP contribution in [0.1, 0.15) is 31.5 Å². The molecule has 1 saturated carbocycles. The number of benzene rings is 1. The third-order valence-electron chi connectivity index (χ3n) is 6.32. The molecule has 0 atom stereocenters. The van der Waals surface area contributed by atoms with Crippen LogP contribution in [0.3, 0.4) is 0 Å². The van der Waals surface area contributed by atoms with Gasteiger partial charge < -0.3 is 18.6 Å². The monoisotopic (exact) mass is 541 g/mol. The lowest BCUT2D eigenvalue weighted by molar-refractivity contribution is -0.391. The highest BCUT2D eigenvalue weighted by atomic mass is 32.2. The standard InChI is InChI=1S/C21H19F4N7O4S/c1-4-37(33,34)18-15(28-19(31(18)3)32-9-26-16(29-32)10-5-6-10)17-27-11-7-13-14(8-12(11)30(17)2)36-21(24,25)20(22,23)35-13/h7-10H,4-6H2,1-3H3. The third-order valence-corrected chi connectivity index (χ3v) is 8.14. The van der Waals surface area contributed by atoms with Gasteiger partial charge >= 0.3 is 12.2 Å². The number of aromatic nitrogens is 7. The number of alkyl halides is 4. The molecule has 37 heavy (non-hydrogen) atoms. The minimum Gasteiger partial charge on any atom is -0.421 e. The van der Waals surface area contributed by atoms with Crippen LogP contribution in [0.2, 0.25) is 0 Å². The van der Waals surface area contributed by atoms with E-state index in [-0.39, 0.29) is 45.2 Å². The molecule has 0 unspecified atom stereocenters. The minimum absolute atomic E-state index is 0.0306. The number of halogens is 4. The number of rotatable bonds is 5. The SMILES string of the molecule is CCS(=O)(=O)c1c(-c2nc3cc4c(cc3n2C)OC(F)(F)C(F)(F)O4)nc(-n2cnc(C3CC3)n2)n1C. The van der Waals surface area contributed by atoms with Gasteiger partial charge in [0.15, 0.2) is 38.0 Å². The Labute approximate surface area is 206 Å². The summed E-state index contributed by atoms with van der Waals surface area (Å²) in [6.45, 7) is 1.48. The normalized spacial score (nSPS) is 18.5. The molecule has 0 spiro atoms. The summed E-state index contributed by atoms with van der Waals surface area (Å²) in [5, 5.41) is 4.28. The molecule has 1 aliphatic heterocycles. The fraction of sp³-hybridized carbons (Fsp3) is 0.429. The summed E-state index contributed by atoms with van der Waals surface area (Å²) in [6, 6.07) is 2.09. The van der Waals surface area contributed by atoms with E-state index in [0.717, 1.165) is 25.0 Å². The van der Waals surface area contributed by atoms with E-state index in [1.54, 1.807) is 0 Å². The second-order valence-electron chi connectivity index (χ2n) is 8.87. The Morgan fingerprint density at radius 2 is 1.68 bits per heavy atom. The molecule has 6 rings (SSSR count). The lowest BCUT2D eigenvalue weighted by atomic mass is 10.2. The van der Waals surface area contributed by atoms with Crippen LogP contribution in [0.5, 0.6) is 11.5 Å². The summed E-state index contributed by atoms with van der Waals surface area (Å²) < 4.78 is 93.6. The lowest BCUT2D eigenvalue weighted by Crippen LogP contribution is -2.52. The predicted molar refractivity (Wildman–Crippen MR) is 119 cm³/mol. The first-order chi connectivity index (χ1) is 17.3. The maximum absolute atomic E-state index is 13.7. The summed E-state index contributed by atoms with van der Waals surface area (Å²) in [5.41, 5.74) is 0.240. The third kappa shape index (κ3) is 3.48. The molecule has 1 fully saturated rings. The number of ether oxygens (including phenoxy) is 2. The highest BCUT2D eigenvalue weighted by Crippen LogP contribution is 2.48. The molecule has 2 aliphatic rings. The lowest BCUT2D eigenvalue weighted by Gasteiger charge is -2.31. The zero-order valence-corrected chi connectivity index (χ0v) is 20.4. The van der Waals surface area contributed by atoms with Crippen molar-refractivity contribution in [3.05, 3.63) is 24.3 Å². The van der Waals surface area contributed by atoms with Crippen molar-refractivity contribution in [1.82, 2.24) is 33.9 Å². The van der Waals surface area contributed by atoms with E-state index in [2.05, 4.69) is 29.5 Å². The van der Waals surface area contributed by atoms with Crippen molar-refractivity contribution in [2.75, 3.05) is 5.75 Å². The molecule has 1 aromatic carbocycles. The number of imidazole rings is 2. The van der Waals surface area contributed by atoms with Crippen molar-refractivity contribution in [1.29, 1.82) is 0 Å². The first-order valence-electron chi connectivity index (χ1n) is 11.2. The van der Waals surface area contributed by atoms with E-state index in [4.69, 9.17) is 0 Å². The largest absolute Gasteiger partial charge is 0.507 e. The molecule has 16 heteroatoms.